The van der Waals surface area contributed by atoms with Crippen LogP contribution < -0.4 is 10.6 Å². The zero-order chi connectivity index (χ0) is 12.4. The minimum Gasteiger partial charge on any atom is -0.481 e. The molecule has 4 atom stereocenters. The molecule has 0 radical (unpaired) electrons. The van der Waals surface area contributed by atoms with E-state index in [0.717, 1.165) is 19.3 Å². The highest BCUT2D eigenvalue weighted by Crippen LogP contribution is 2.48. The standard InChI is InChI=1S/C12H20N2O3/c1-7(15)13-4-5-14-11-9-3-2-8(6-9)10(11)12(16)17/h8-11,14H,2-6H2,1H3,(H,13,15)(H,16,17). The number of hydrogen-bond acceptors (Lipinski definition) is 3. The number of hydrogen-bond donors (Lipinski definition) is 3. The molecule has 2 fully saturated rings. The number of fused-ring (bicyclic) bond motifs is 2. The summed E-state index contributed by atoms with van der Waals surface area (Å²) in [5.74, 6) is -0.0796. The number of carbonyl (C=O) groups excluding carboxylic acids is 1. The van der Waals surface area contributed by atoms with Gasteiger partial charge < -0.3 is 15.7 Å². The monoisotopic (exact) mass is 240 g/mol. The Morgan fingerprint density at radius 2 is 1.94 bits per heavy atom. The van der Waals surface area contributed by atoms with Crippen molar-refractivity contribution in [3.05, 3.63) is 0 Å². The van der Waals surface area contributed by atoms with E-state index in [2.05, 4.69) is 10.6 Å². The van der Waals surface area contributed by atoms with Crippen LogP contribution in [0.2, 0.25) is 0 Å². The Labute approximate surface area is 101 Å². The Bertz CT molecular complexity index is 319. The van der Waals surface area contributed by atoms with Crippen LogP contribution in [-0.4, -0.2) is 36.1 Å². The first-order valence-corrected chi connectivity index (χ1v) is 6.30. The van der Waals surface area contributed by atoms with Gasteiger partial charge in [0.1, 0.15) is 0 Å². The molecule has 3 N–H and O–H groups in total. The molecule has 0 saturated heterocycles. The van der Waals surface area contributed by atoms with E-state index in [4.69, 9.17) is 0 Å². The van der Waals surface area contributed by atoms with Gasteiger partial charge in [-0.2, -0.15) is 0 Å². The quantitative estimate of drug-likeness (QED) is 0.600. The van der Waals surface area contributed by atoms with Crippen molar-refractivity contribution in [2.45, 2.75) is 32.2 Å². The fraction of sp³-hybridized carbons (Fsp3) is 0.833. The highest BCUT2D eigenvalue weighted by atomic mass is 16.4. The van der Waals surface area contributed by atoms with Gasteiger partial charge in [0.05, 0.1) is 5.92 Å². The van der Waals surface area contributed by atoms with Crippen LogP contribution in [0.3, 0.4) is 0 Å². The predicted molar refractivity (Wildman–Crippen MR) is 62.4 cm³/mol. The molecule has 2 bridgehead atoms. The number of aliphatic carboxylic acids is 1. The third-order valence-electron chi connectivity index (χ3n) is 4.08. The molecule has 0 heterocycles. The van der Waals surface area contributed by atoms with E-state index in [-0.39, 0.29) is 17.9 Å². The summed E-state index contributed by atoms with van der Waals surface area (Å²) < 4.78 is 0. The maximum absolute atomic E-state index is 11.2. The molecule has 5 heteroatoms. The lowest BCUT2D eigenvalue weighted by atomic mass is 9.84. The largest absolute Gasteiger partial charge is 0.481 e. The first kappa shape index (κ1) is 12.4. The van der Waals surface area contributed by atoms with E-state index < -0.39 is 5.97 Å². The zero-order valence-electron chi connectivity index (χ0n) is 10.1. The van der Waals surface area contributed by atoms with E-state index in [1.54, 1.807) is 0 Å². The molecular weight excluding hydrogens is 220 g/mol. The fourth-order valence-electron chi connectivity index (χ4n) is 3.42. The average molecular weight is 240 g/mol. The molecule has 4 unspecified atom stereocenters. The number of carboxylic acids is 1. The Kier molecular flexibility index (Phi) is 3.66. The first-order valence-electron chi connectivity index (χ1n) is 6.30. The Hall–Kier alpha value is -1.10. The average Bonchev–Trinajstić information content (AvgIpc) is 2.83. The molecule has 0 aromatic rings. The molecule has 17 heavy (non-hydrogen) atoms. The van der Waals surface area contributed by atoms with Crippen molar-refractivity contribution in [1.29, 1.82) is 0 Å². The van der Waals surface area contributed by atoms with Crippen molar-refractivity contribution in [2.75, 3.05) is 13.1 Å². The van der Waals surface area contributed by atoms with Crippen molar-refractivity contribution in [1.82, 2.24) is 10.6 Å². The zero-order valence-corrected chi connectivity index (χ0v) is 10.1. The maximum atomic E-state index is 11.2. The van der Waals surface area contributed by atoms with Gasteiger partial charge in [0.2, 0.25) is 5.91 Å². The van der Waals surface area contributed by atoms with Gasteiger partial charge in [0, 0.05) is 26.1 Å². The summed E-state index contributed by atoms with van der Waals surface area (Å²) in [4.78, 5) is 21.9. The number of rotatable bonds is 5. The van der Waals surface area contributed by atoms with Gasteiger partial charge in [0.25, 0.3) is 0 Å². The molecule has 5 nitrogen and oxygen atoms in total. The summed E-state index contributed by atoms with van der Waals surface area (Å²) in [6, 6.07) is 0.0972. The Morgan fingerprint density at radius 3 is 2.59 bits per heavy atom. The molecule has 2 rings (SSSR count). The second kappa shape index (κ2) is 5.04. The Morgan fingerprint density at radius 1 is 1.24 bits per heavy atom. The van der Waals surface area contributed by atoms with Crippen molar-refractivity contribution >= 4 is 11.9 Å². The molecule has 2 aliphatic rings. The van der Waals surface area contributed by atoms with Crippen LogP contribution in [0.1, 0.15) is 26.2 Å². The highest BCUT2D eigenvalue weighted by Gasteiger charge is 2.50. The molecular formula is C12H20N2O3. The summed E-state index contributed by atoms with van der Waals surface area (Å²) in [5, 5.41) is 15.3. The second-order valence-corrected chi connectivity index (χ2v) is 5.16. The smallest absolute Gasteiger partial charge is 0.308 e. The minimum absolute atomic E-state index is 0.0467. The van der Waals surface area contributed by atoms with Crippen molar-refractivity contribution in [3.8, 4) is 0 Å². The van der Waals surface area contributed by atoms with E-state index in [1.165, 1.54) is 6.92 Å². The van der Waals surface area contributed by atoms with Gasteiger partial charge in [-0.15, -0.1) is 0 Å². The summed E-state index contributed by atoms with van der Waals surface area (Å²) >= 11 is 0. The van der Waals surface area contributed by atoms with E-state index in [9.17, 15) is 14.7 Å². The van der Waals surface area contributed by atoms with Crippen LogP contribution in [0.5, 0.6) is 0 Å². The molecule has 0 aliphatic heterocycles. The van der Waals surface area contributed by atoms with Crippen LogP contribution in [0.4, 0.5) is 0 Å². The highest BCUT2D eigenvalue weighted by molar-refractivity contribution is 5.73. The van der Waals surface area contributed by atoms with Gasteiger partial charge >= 0.3 is 5.97 Å². The van der Waals surface area contributed by atoms with Crippen LogP contribution >= 0.6 is 0 Å². The molecule has 2 saturated carbocycles. The van der Waals surface area contributed by atoms with Crippen LogP contribution in [0, 0.1) is 17.8 Å². The van der Waals surface area contributed by atoms with E-state index >= 15 is 0 Å². The van der Waals surface area contributed by atoms with Crippen molar-refractivity contribution in [2.24, 2.45) is 17.8 Å². The fourth-order valence-corrected chi connectivity index (χ4v) is 3.42. The molecule has 0 spiro atoms. The number of carbonyl (C=O) groups is 2. The third-order valence-corrected chi connectivity index (χ3v) is 4.08. The van der Waals surface area contributed by atoms with Gasteiger partial charge in [-0.3, -0.25) is 9.59 Å². The number of nitrogens with one attached hydrogen (secondary N) is 2. The lowest BCUT2D eigenvalue weighted by Crippen LogP contribution is -2.46. The molecule has 2 aliphatic carbocycles. The minimum atomic E-state index is -0.672. The van der Waals surface area contributed by atoms with Gasteiger partial charge in [-0.1, -0.05) is 0 Å². The van der Waals surface area contributed by atoms with E-state index in [0.29, 0.717) is 24.9 Å². The SMILES string of the molecule is CC(=O)NCCNC1C2CCC(C2)C1C(=O)O. The summed E-state index contributed by atoms with van der Waals surface area (Å²) in [7, 11) is 0. The molecule has 1 amide bonds. The van der Waals surface area contributed by atoms with E-state index in [1.807, 2.05) is 0 Å². The second-order valence-electron chi connectivity index (χ2n) is 5.16. The predicted octanol–water partition coefficient (Wildman–Crippen LogP) is 0.211. The summed E-state index contributed by atoms with van der Waals surface area (Å²) in [6.07, 6.45) is 3.26. The lowest BCUT2D eigenvalue weighted by molar-refractivity contribution is -0.144. The number of amides is 1. The summed E-state index contributed by atoms with van der Waals surface area (Å²) in [5.41, 5.74) is 0. The Balaban J connectivity index is 1.82. The number of carboxylic acid groups (broad SMARTS) is 1. The summed E-state index contributed by atoms with van der Waals surface area (Å²) in [6.45, 7) is 2.70. The normalized spacial score (nSPS) is 34.9. The van der Waals surface area contributed by atoms with Crippen LogP contribution in [0.15, 0.2) is 0 Å². The third kappa shape index (κ3) is 2.60. The topological polar surface area (TPSA) is 78.4 Å². The first-order chi connectivity index (χ1) is 8.09. The van der Waals surface area contributed by atoms with Gasteiger partial charge in [-0.05, 0) is 31.1 Å². The van der Waals surface area contributed by atoms with Gasteiger partial charge in [-0.25, -0.2) is 0 Å². The van der Waals surface area contributed by atoms with Gasteiger partial charge in [0.15, 0.2) is 0 Å². The molecule has 0 aromatic heterocycles. The van der Waals surface area contributed by atoms with Crippen LogP contribution in [0.25, 0.3) is 0 Å². The maximum Gasteiger partial charge on any atom is 0.308 e. The lowest BCUT2D eigenvalue weighted by Gasteiger charge is -2.29. The van der Waals surface area contributed by atoms with Crippen molar-refractivity contribution < 1.29 is 14.7 Å². The van der Waals surface area contributed by atoms with Crippen LogP contribution in [-0.2, 0) is 9.59 Å². The molecule has 0 aromatic carbocycles. The van der Waals surface area contributed by atoms with Crippen molar-refractivity contribution in [3.63, 3.8) is 0 Å². The molecule has 96 valence electrons.